The van der Waals surface area contributed by atoms with Crippen LogP contribution in [0.1, 0.15) is 45.5 Å². The molecule has 1 N–H and O–H groups in total. The molecule has 0 saturated carbocycles. The Morgan fingerprint density at radius 2 is 2.06 bits per heavy atom. The Balaban J connectivity index is 2.61. The fraction of sp³-hybridized carbons (Fsp3) is 0.538. The number of aryl methyl sites for hydroxylation is 1. The van der Waals surface area contributed by atoms with Gasteiger partial charge in [-0.1, -0.05) is 34.1 Å². The molecule has 0 aliphatic carbocycles. The summed E-state index contributed by atoms with van der Waals surface area (Å²) in [4.78, 5) is 16.5. The summed E-state index contributed by atoms with van der Waals surface area (Å²) in [7, 11) is 0. The number of hydrogen-bond donors (Lipinski definition) is 1. The molecule has 92 valence electrons. The molecule has 0 aliphatic rings. The first-order valence-electron chi connectivity index (χ1n) is 6.04. The van der Waals surface area contributed by atoms with E-state index in [1.807, 2.05) is 6.07 Å². The van der Waals surface area contributed by atoms with Crippen LogP contribution < -0.4 is 5.56 Å². The van der Waals surface area contributed by atoms with Gasteiger partial charge in [0.05, 0.1) is 5.69 Å². The summed E-state index contributed by atoms with van der Waals surface area (Å²) in [5, 5.41) is 3.09. The molecule has 17 heavy (non-hydrogen) atoms. The summed E-state index contributed by atoms with van der Waals surface area (Å²) in [6.45, 7) is 8.29. The van der Waals surface area contributed by atoms with Gasteiger partial charge in [0.25, 0.3) is 5.56 Å². The first-order chi connectivity index (χ1) is 7.91. The van der Waals surface area contributed by atoms with Crippen molar-refractivity contribution in [1.29, 1.82) is 0 Å². The molecule has 4 nitrogen and oxygen atoms in total. The fourth-order valence-electron chi connectivity index (χ4n) is 1.82. The molecule has 2 aromatic heterocycles. The van der Waals surface area contributed by atoms with Gasteiger partial charge in [-0.25, -0.2) is 9.50 Å². The number of nitrogens with one attached hydrogen (secondary N) is 1. The Morgan fingerprint density at radius 3 is 2.65 bits per heavy atom. The smallest absolute Gasteiger partial charge is 0.272 e. The molecule has 0 aliphatic heterocycles. The summed E-state index contributed by atoms with van der Waals surface area (Å²) in [5.41, 5.74) is 2.47. The van der Waals surface area contributed by atoms with Crippen molar-refractivity contribution in [3.05, 3.63) is 33.9 Å². The number of H-pyrrole nitrogens is 1. The van der Waals surface area contributed by atoms with Gasteiger partial charge in [-0.3, -0.25) is 9.89 Å². The lowest BCUT2D eigenvalue weighted by atomic mass is 9.92. The second kappa shape index (κ2) is 4.02. The molecule has 2 heterocycles. The molecule has 0 radical (unpaired) electrons. The highest BCUT2D eigenvalue weighted by atomic mass is 16.1. The molecular weight excluding hydrogens is 214 g/mol. The summed E-state index contributed by atoms with van der Waals surface area (Å²) >= 11 is 0. The topological polar surface area (TPSA) is 50.2 Å². The molecule has 0 atom stereocenters. The first-order valence-corrected chi connectivity index (χ1v) is 6.04. The molecule has 0 unspecified atom stereocenters. The van der Waals surface area contributed by atoms with Gasteiger partial charge in [0, 0.05) is 23.2 Å². The van der Waals surface area contributed by atoms with E-state index in [1.165, 1.54) is 4.52 Å². The van der Waals surface area contributed by atoms with Crippen LogP contribution in [0.15, 0.2) is 16.9 Å². The molecule has 4 heteroatoms. The average molecular weight is 233 g/mol. The number of hydrogen-bond acceptors (Lipinski definition) is 2. The number of aromatic amines is 1. The maximum Gasteiger partial charge on any atom is 0.272 e. The van der Waals surface area contributed by atoms with Crippen molar-refractivity contribution in [2.75, 3.05) is 0 Å². The molecule has 0 bridgehead atoms. The molecule has 2 aromatic rings. The zero-order chi connectivity index (χ0) is 12.6. The molecular formula is C13H19N3O. The predicted octanol–water partition coefficient (Wildman–Crippen LogP) is 2.27. The number of fused-ring (bicyclic) bond motifs is 1. The Bertz CT molecular complexity index is 587. The summed E-state index contributed by atoms with van der Waals surface area (Å²) in [5.74, 6) is 0. The van der Waals surface area contributed by atoms with Crippen LogP contribution in [0.3, 0.4) is 0 Å². The van der Waals surface area contributed by atoms with Crippen molar-refractivity contribution in [3.63, 3.8) is 0 Å². The van der Waals surface area contributed by atoms with Crippen molar-refractivity contribution >= 4 is 5.65 Å². The van der Waals surface area contributed by atoms with E-state index < -0.39 is 0 Å². The highest BCUT2D eigenvalue weighted by Crippen LogP contribution is 2.19. The van der Waals surface area contributed by atoms with Crippen LogP contribution in [0.5, 0.6) is 0 Å². The van der Waals surface area contributed by atoms with Crippen LogP contribution in [0.4, 0.5) is 0 Å². The maximum atomic E-state index is 12.0. The molecule has 0 spiro atoms. The van der Waals surface area contributed by atoms with E-state index in [0.29, 0.717) is 5.65 Å². The van der Waals surface area contributed by atoms with E-state index in [-0.39, 0.29) is 11.0 Å². The quantitative estimate of drug-likeness (QED) is 0.865. The summed E-state index contributed by atoms with van der Waals surface area (Å²) in [6, 6.07) is 3.57. The SMILES string of the molecule is CCCc1cc2nc(C(C)(C)C)cc(=O)n2[nH]1. The minimum absolute atomic E-state index is 0.0396. The lowest BCUT2D eigenvalue weighted by Gasteiger charge is -2.16. The summed E-state index contributed by atoms with van der Waals surface area (Å²) < 4.78 is 1.51. The van der Waals surface area contributed by atoms with Crippen molar-refractivity contribution in [3.8, 4) is 0 Å². The molecule has 0 amide bonds. The van der Waals surface area contributed by atoms with Crippen molar-refractivity contribution in [1.82, 2.24) is 14.6 Å². The second-order valence-electron chi connectivity index (χ2n) is 5.45. The third-order valence-electron chi connectivity index (χ3n) is 2.79. The van der Waals surface area contributed by atoms with Gasteiger partial charge >= 0.3 is 0 Å². The van der Waals surface area contributed by atoms with Crippen LogP contribution in [-0.2, 0) is 11.8 Å². The zero-order valence-corrected chi connectivity index (χ0v) is 10.9. The van der Waals surface area contributed by atoms with Gasteiger partial charge in [0.15, 0.2) is 5.65 Å². The fourth-order valence-corrected chi connectivity index (χ4v) is 1.82. The third-order valence-corrected chi connectivity index (χ3v) is 2.79. The van der Waals surface area contributed by atoms with Crippen molar-refractivity contribution in [2.24, 2.45) is 0 Å². The molecule has 0 fully saturated rings. The molecule has 2 rings (SSSR count). The number of rotatable bonds is 2. The van der Waals surface area contributed by atoms with E-state index in [9.17, 15) is 4.79 Å². The van der Waals surface area contributed by atoms with E-state index in [2.05, 4.69) is 37.8 Å². The van der Waals surface area contributed by atoms with Crippen LogP contribution in [-0.4, -0.2) is 14.6 Å². The standard InChI is InChI=1S/C13H19N3O/c1-5-6-9-7-11-14-10(13(2,3)4)8-12(17)16(11)15-9/h7-8,15H,5-6H2,1-4H3. The minimum Gasteiger partial charge on any atom is -0.294 e. The molecule has 0 aromatic carbocycles. The van der Waals surface area contributed by atoms with Gasteiger partial charge in [0.2, 0.25) is 0 Å². The molecule has 0 saturated heterocycles. The van der Waals surface area contributed by atoms with Crippen LogP contribution in [0.2, 0.25) is 0 Å². The van der Waals surface area contributed by atoms with Gasteiger partial charge in [-0.15, -0.1) is 0 Å². The van der Waals surface area contributed by atoms with E-state index in [4.69, 9.17) is 0 Å². The normalized spacial score (nSPS) is 12.2. The second-order valence-corrected chi connectivity index (χ2v) is 5.45. The maximum absolute atomic E-state index is 12.0. The van der Waals surface area contributed by atoms with Gasteiger partial charge in [-0.2, -0.15) is 0 Å². The van der Waals surface area contributed by atoms with Crippen LogP contribution in [0, 0.1) is 0 Å². The van der Waals surface area contributed by atoms with E-state index in [0.717, 1.165) is 24.2 Å². The lowest BCUT2D eigenvalue weighted by Crippen LogP contribution is -2.22. The summed E-state index contributed by atoms with van der Waals surface area (Å²) in [6.07, 6.45) is 1.99. The first kappa shape index (κ1) is 11.9. The van der Waals surface area contributed by atoms with Crippen LogP contribution >= 0.6 is 0 Å². The van der Waals surface area contributed by atoms with E-state index in [1.54, 1.807) is 6.07 Å². The Hall–Kier alpha value is -1.58. The number of aromatic nitrogens is 3. The van der Waals surface area contributed by atoms with Crippen molar-refractivity contribution in [2.45, 2.75) is 46.0 Å². The Morgan fingerprint density at radius 1 is 1.35 bits per heavy atom. The average Bonchev–Trinajstić information content (AvgIpc) is 2.60. The van der Waals surface area contributed by atoms with E-state index >= 15 is 0 Å². The van der Waals surface area contributed by atoms with Gasteiger partial charge in [-0.05, 0) is 6.42 Å². The monoisotopic (exact) mass is 233 g/mol. The van der Waals surface area contributed by atoms with Crippen molar-refractivity contribution < 1.29 is 0 Å². The largest absolute Gasteiger partial charge is 0.294 e. The predicted molar refractivity (Wildman–Crippen MR) is 68.5 cm³/mol. The van der Waals surface area contributed by atoms with Gasteiger partial charge < -0.3 is 0 Å². The highest BCUT2D eigenvalue weighted by Gasteiger charge is 2.17. The Kier molecular flexibility index (Phi) is 2.81. The Labute approximate surface area is 101 Å². The highest BCUT2D eigenvalue weighted by molar-refractivity contribution is 5.40. The third kappa shape index (κ3) is 2.25. The van der Waals surface area contributed by atoms with Gasteiger partial charge in [0.1, 0.15) is 0 Å². The zero-order valence-electron chi connectivity index (χ0n) is 10.9. The lowest BCUT2D eigenvalue weighted by molar-refractivity contribution is 0.566. The number of nitrogens with zero attached hydrogens (tertiary/aromatic N) is 2. The minimum atomic E-state index is -0.101. The van der Waals surface area contributed by atoms with Crippen LogP contribution in [0.25, 0.3) is 5.65 Å².